The zero-order valence-electron chi connectivity index (χ0n) is 9.35. The summed E-state index contributed by atoms with van der Waals surface area (Å²) < 4.78 is 1.09. The molecule has 0 bridgehead atoms. The molecule has 0 spiro atoms. The number of rotatable bonds is 4. The van der Waals surface area contributed by atoms with Crippen molar-refractivity contribution in [3.05, 3.63) is 46.8 Å². The van der Waals surface area contributed by atoms with Gasteiger partial charge in [-0.1, -0.05) is 17.8 Å². The summed E-state index contributed by atoms with van der Waals surface area (Å²) in [6, 6.07) is 8.24. The summed E-state index contributed by atoms with van der Waals surface area (Å²) in [5.74, 6) is 0. The van der Waals surface area contributed by atoms with Gasteiger partial charge < -0.3 is 5.32 Å². The van der Waals surface area contributed by atoms with Crippen molar-refractivity contribution in [1.29, 1.82) is 0 Å². The highest BCUT2D eigenvalue weighted by molar-refractivity contribution is 9.10. The Hall–Kier alpha value is -0.910. The quantitative estimate of drug-likeness (QED) is 0.881. The molecule has 3 nitrogen and oxygen atoms in total. The highest BCUT2D eigenvalue weighted by Gasteiger charge is 2.04. The van der Waals surface area contributed by atoms with Gasteiger partial charge in [0.15, 0.2) is 0 Å². The number of halogens is 1. The van der Waals surface area contributed by atoms with Crippen LogP contribution in [0.15, 0.2) is 51.2 Å². The Kier molecular flexibility index (Phi) is 4.53. The second kappa shape index (κ2) is 6.14. The summed E-state index contributed by atoms with van der Waals surface area (Å²) in [6.45, 7) is 0.872. The maximum Gasteiger partial charge on any atom is 0.116 e. The van der Waals surface area contributed by atoms with E-state index in [4.69, 9.17) is 0 Å². The van der Waals surface area contributed by atoms with Crippen molar-refractivity contribution in [1.82, 2.24) is 15.3 Å². The predicted molar refractivity (Wildman–Crippen MR) is 73.1 cm³/mol. The third-order valence-electron chi connectivity index (χ3n) is 2.15. The largest absolute Gasteiger partial charge is 0.316 e. The van der Waals surface area contributed by atoms with E-state index in [1.807, 2.05) is 13.1 Å². The van der Waals surface area contributed by atoms with Gasteiger partial charge in [0.1, 0.15) is 11.4 Å². The number of nitrogens with one attached hydrogen (secondary N) is 1. The fourth-order valence-electron chi connectivity index (χ4n) is 1.39. The molecule has 0 aliphatic heterocycles. The van der Waals surface area contributed by atoms with Crippen LogP contribution in [0.5, 0.6) is 0 Å². The maximum absolute atomic E-state index is 4.19. The Morgan fingerprint density at radius 1 is 1.35 bits per heavy atom. The van der Waals surface area contributed by atoms with Crippen LogP contribution >= 0.6 is 27.7 Å². The smallest absolute Gasteiger partial charge is 0.116 e. The molecule has 0 atom stereocenters. The molecule has 0 saturated heterocycles. The van der Waals surface area contributed by atoms with Crippen LogP contribution in [-0.4, -0.2) is 17.0 Å². The summed E-state index contributed by atoms with van der Waals surface area (Å²) in [6.07, 6.45) is 3.31. The normalized spacial score (nSPS) is 10.5. The van der Waals surface area contributed by atoms with E-state index in [2.05, 4.69) is 49.4 Å². The van der Waals surface area contributed by atoms with Gasteiger partial charge in [-0.05, 0) is 46.7 Å². The average molecular weight is 310 g/mol. The van der Waals surface area contributed by atoms with Gasteiger partial charge in [0.05, 0.1) is 0 Å². The lowest BCUT2D eigenvalue weighted by Gasteiger charge is -2.06. The van der Waals surface area contributed by atoms with Gasteiger partial charge in [0.25, 0.3) is 0 Å². The molecule has 2 aromatic rings. The summed E-state index contributed by atoms with van der Waals surface area (Å²) in [5, 5.41) is 4.08. The van der Waals surface area contributed by atoms with Gasteiger partial charge in [-0.25, -0.2) is 9.97 Å². The lowest BCUT2D eigenvalue weighted by Crippen LogP contribution is -2.04. The molecule has 1 N–H and O–H groups in total. The first-order valence-corrected chi connectivity index (χ1v) is 6.77. The van der Waals surface area contributed by atoms with E-state index < -0.39 is 0 Å². The van der Waals surface area contributed by atoms with E-state index in [1.165, 1.54) is 5.56 Å². The zero-order chi connectivity index (χ0) is 12.1. The Labute approximate surface area is 113 Å². The van der Waals surface area contributed by atoms with E-state index in [0.717, 1.165) is 20.9 Å². The van der Waals surface area contributed by atoms with Crippen LogP contribution in [0.4, 0.5) is 0 Å². The summed E-state index contributed by atoms with van der Waals surface area (Å²) in [7, 11) is 1.94. The highest BCUT2D eigenvalue weighted by atomic mass is 79.9. The molecule has 0 aliphatic carbocycles. The third-order valence-corrected chi connectivity index (χ3v) is 4.09. The Morgan fingerprint density at radius 2 is 2.24 bits per heavy atom. The van der Waals surface area contributed by atoms with Crippen molar-refractivity contribution in [2.45, 2.75) is 16.5 Å². The van der Waals surface area contributed by atoms with Crippen LogP contribution in [0.2, 0.25) is 0 Å². The van der Waals surface area contributed by atoms with Gasteiger partial charge >= 0.3 is 0 Å². The number of benzene rings is 1. The molecule has 0 radical (unpaired) electrons. The lowest BCUT2D eigenvalue weighted by atomic mass is 10.2. The number of hydrogen-bond acceptors (Lipinski definition) is 4. The Balaban J connectivity index is 2.17. The van der Waals surface area contributed by atoms with E-state index in [1.54, 1.807) is 24.3 Å². The fourth-order valence-corrected chi connectivity index (χ4v) is 2.81. The van der Waals surface area contributed by atoms with Crippen molar-refractivity contribution in [2.24, 2.45) is 0 Å². The molecular formula is C12H12BrN3S. The molecular weight excluding hydrogens is 298 g/mol. The highest BCUT2D eigenvalue weighted by Crippen LogP contribution is 2.32. The van der Waals surface area contributed by atoms with E-state index >= 15 is 0 Å². The molecule has 1 heterocycles. The average Bonchev–Trinajstić information content (AvgIpc) is 2.34. The minimum Gasteiger partial charge on any atom is -0.316 e. The minimum absolute atomic E-state index is 0.872. The van der Waals surface area contributed by atoms with E-state index in [-0.39, 0.29) is 0 Å². The number of aromatic nitrogens is 2. The molecule has 2 rings (SSSR count). The van der Waals surface area contributed by atoms with Crippen molar-refractivity contribution in [2.75, 3.05) is 7.05 Å². The summed E-state index contributed by atoms with van der Waals surface area (Å²) in [4.78, 5) is 9.25. The van der Waals surface area contributed by atoms with Gasteiger partial charge in [-0.15, -0.1) is 0 Å². The lowest BCUT2D eigenvalue weighted by molar-refractivity contribution is 0.816. The van der Waals surface area contributed by atoms with Crippen LogP contribution in [0.1, 0.15) is 5.56 Å². The first-order chi connectivity index (χ1) is 8.29. The second-order valence-corrected chi connectivity index (χ2v) is 5.36. The molecule has 0 fully saturated rings. The van der Waals surface area contributed by atoms with Crippen molar-refractivity contribution >= 4 is 27.7 Å². The molecule has 0 aliphatic rings. The molecule has 0 unspecified atom stereocenters. The minimum atomic E-state index is 0.872. The second-order valence-electron chi connectivity index (χ2n) is 3.44. The van der Waals surface area contributed by atoms with E-state index in [0.29, 0.717) is 0 Å². The maximum atomic E-state index is 4.19. The van der Waals surface area contributed by atoms with Gasteiger partial charge in [0.2, 0.25) is 0 Å². The zero-order valence-corrected chi connectivity index (χ0v) is 11.8. The SMILES string of the molecule is CNCc1ccc(Sc2ccncn2)c(Br)c1. The molecule has 0 amide bonds. The van der Waals surface area contributed by atoms with Crippen LogP contribution in [0, 0.1) is 0 Å². The molecule has 88 valence electrons. The number of hydrogen-bond donors (Lipinski definition) is 1. The third kappa shape index (κ3) is 3.52. The Bertz CT molecular complexity index is 490. The van der Waals surface area contributed by atoms with Gasteiger partial charge in [0, 0.05) is 22.1 Å². The van der Waals surface area contributed by atoms with Crippen molar-refractivity contribution in [3.8, 4) is 0 Å². The molecule has 1 aromatic heterocycles. The Morgan fingerprint density at radius 3 is 2.88 bits per heavy atom. The molecule has 0 saturated carbocycles. The van der Waals surface area contributed by atoms with Gasteiger partial charge in [-0.2, -0.15) is 0 Å². The number of nitrogens with zero attached hydrogens (tertiary/aromatic N) is 2. The van der Waals surface area contributed by atoms with Gasteiger partial charge in [-0.3, -0.25) is 0 Å². The monoisotopic (exact) mass is 309 g/mol. The van der Waals surface area contributed by atoms with Crippen LogP contribution in [-0.2, 0) is 6.54 Å². The standard InChI is InChI=1S/C12H12BrN3S/c1-14-7-9-2-3-11(10(13)6-9)17-12-4-5-15-8-16-12/h2-6,8,14H,7H2,1H3. The first-order valence-electron chi connectivity index (χ1n) is 5.16. The topological polar surface area (TPSA) is 37.8 Å². The molecule has 5 heteroatoms. The van der Waals surface area contributed by atoms with Crippen LogP contribution < -0.4 is 5.32 Å². The first kappa shape index (κ1) is 12.5. The fraction of sp³-hybridized carbons (Fsp3) is 0.167. The molecule has 17 heavy (non-hydrogen) atoms. The molecule has 1 aromatic carbocycles. The van der Waals surface area contributed by atoms with Crippen molar-refractivity contribution < 1.29 is 0 Å². The van der Waals surface area contributed by atoms with Crippen molar-refractivity contribution in [3.63, 3.8) is 0 Å². The summed E-state index contributed by atoms with van der Waals surface area (Å²) in [5.41, 5.74) is 1.26. The summed E-state index contributed by atoms with van der Waals surface area (Å²) >= 11 is 5.21. The van der Waals surface area contributed by atoms with E-state index in [9.17, 15) is 0 Å². The predicted octanol–water partition coefficient (Wildman–Crippen LogP) is 3.11. The van der Waals surface area contributed by atoms with Crippen LogP contribution in [0.3, 0.4) is 0 Å². The van der Waals surface area contributed by atoms with Crippen LogP contribution in [0.25, 0.3) is 0 Å².